The van der Waals surface area contributed by atoms with Crippen LogP contribution in [0.5, 0.6) is 5.75 Å². The highest BCUT2D eigenvalue weighted by atomic mass is 19.1. The van der Waals surface area contributed by atoms with Crippen molar-refractivity contribution in [3.8, 4) is 5.75 Å². The van der Waals surface area contributed by atoms with Gasteiger partial charge in [0.2, 0.25) is 5.75 Å². The van der Waals surface area contributed by atoms with Gasteiger partial charge in [0.15, 0.2) is 11.6 Å². The van der Waals surface area contributed by atoms with Crippen LogP contribution in [0.3, 0.4) is 0 Å². The summed E-state index contributed by atoms with van der Waals surface area (Å²) in [6.45, 7) is 0.936. The fraction of sp³-hybridized carbons (Fsp3) is 0. The molecule has 0 atom stereocenters. The second kappa shape index (κ2) is 3.09. The van der Waals surface area contributed by atoms with E-state index in [-0.39, 0.29) is 0 Å². The SMILES string of the molecule is O=[C]Oc1c(F)cccc1F. The molecule has 0 aliphatic heterocycles. The third-order valence-electron chi connectivity index (χ3n) is 1.06. The molecule has 0 heterocycles. The van der Waals surface area contributed by atoms with Crippen LogP contribution in [0.15, 0.2) is 18.2 Å². The van der Waals surface area contributed by atoms with Crippen molar-refractivity contribution in [2.45, 2.75) is 0 Å². The molecule has 0 unspecified atom stereocenters. The molecule has 0 saturated carbocycles. The van der Waals surface area contributed by atoms with Crippen LogP contribution in [0.1, 0.15) is 0 Å². The molecule has 11 heavy (non-hydrogen) atoms. The Balaban J connectivity index is 3.09. The summed E-state index contributed by atoms with van der Waals surface area (Å²) in [4.78, 5) is 9.60. The van der Waals surface area contributed by atoms with Crippen LogP contribution in [0, 0.1) is 11.6 Å². The number of carbonyl (C=O) groups excluding carboxylic acids is 1. The molecule has 2 nitrogen and oxygen atoms in total. The minimum Gasteiger partial charge on any atom is -0.412 e. The van der Waals surface area contributed by atoms with Crippen LogP contribution in [0.25, 0.3) is 0 Å². The lowest BCUT2D eigenvalue weighted by Gasteiger charge is -1.98. The zero-order valence-electron chi connectivity index (χ0n) is 5.30. The molecule has 0 saturated heterocycles. The number of ether oxygens (including phenoxy) is 1. The van der Waals surface area contributed by atoms with Gasteiger partial charge in [0.25, 0.3) is 0 Å². The molecule has 0 aliphatic carbocycles. The first-order valence-corrected chi connectivity index (χ1v) is 2.73. The highest BCUT2D eigenvalue weighted by molar-refractivity contribution is 5.46. The fourth-order valence-corrected chi connectivity index (χ4v) is 0.622. The van der Waals surface area contributed by atoms with Gasteiger partial charge in [0.1, 0.15) is 0 Å². The lowest BCUT2D eigenvalue weighted by atomic mass is 10.3. The Morgan fingerprint density at radius 3 is 2.27 bits per heavy atom. The van der Waals surface area contributed by atoms with Crippen molar-refractivity contribution in [2.24, 2.45) is 0 Å². The van der Waals surface area contributed by atoms with Gasteiger partial charge < -0.3 is 4.74 Å². The van der Waals surface area contributed by atoms with E-state index in [0.29, 0.717) is 0 Å². The van der Waals surface area contributed by atoms with Gasteiger partial charge in [0.05, 0.1) is 0 Å². The number of hydrogen-bond acceptors (Lipinski definition) is 2. The number of benzene rings is 1. The molecule has 0 bridgehead atoms. The molecule has 4 heteroatoms. The van der Waals surface area contributed by atoms with Gasteiger partial charge in [-0.25, -0.2) is 13.6 Å². The molecule has 57 valence electrons. The first kappa shape index (κ1) is 7.65. The number of para-hydroxylation sites is 1. The quantitative estimate of drug-likeness (QED) is 0.648. The topological polar surface area (TPSA) is 26.3 Å². The average Bonchev–Trinajstić information content (AvgIpc) is 1.97. The Bertz CT molecular complexity index is 253. The van der Waals surface area contributed by atoms with Crippen molar-refractivity contribution in [1.82, 2.24) is 0 Å². The van der Waals surface area contributed by atoms with Gasteiger partial charge >= 0.3 is 6.47 Å². The van der Waals surface area contributed by atoms with Gasteiger partial charge in [-0.3, -0.25) is 0 Å². The van der Waals surface area contributed by atoms with Crippen LogP contribution in [0.2, 0.25) is 0 Å². The van der Waals surface area contributed by atoms with Crippen LogP contribution in [-0.2, 0) is 4.79 Å². The lowest BCUT2D eigenvalue weighted by Crippen LogP contribution is -1.94. The summed E-state index contributed by atoms with van der Waals surface area (Å²) < 4.78 is 28.9. The number of hydrogen-bond donors (Lipinski definition) is 0. The molecule has 0 fully saturated rings. The Morgan fingerprint density at radius 1 is 1.27 bits per heavy atom. The Hall–Kier alpha value is -1.45. The van der Waals surface area contributed by atoms with Crippen LogP contribution in [0.4, 0.5) is 8.78 Å². The summed E-state index contributed by atoms with van der Waals surface area (Å²) in [5.41, 5.74) is 0. The van der Waals surface area contributed by atoms with Gasteiger partial charge in [-0.1, -0.05) is 6.07 Å². The molecule has 0 spiro atoms. The van der Waals surface area contributed by atoms with Crippen molar-refractivity contribution in [3.05, 3.63) is 29.8 Å². The highest BCUT2D eigenvalue weighted by Crippen LogP contribution is 2.19. The molecule has 0 aliphatic rings. The smallest absolute Gasteiger partial charge is 0.412 e. The molecule has 1 aromatic carbocycles. The van der Waals surface area contributed by atoms with Crippen molar-refractivity contribution >= 4 is 6.47 Å². The maximum atomic E-state index is 12.5. The Kier molecular flexibility index (Phi) is 2.15. The molecular formula is C7H3F2O2. The summed E-state index contributed by atoms with van der Waals surface area (Å²) in [5, 5.41) is 0. The molecule has 1 radical (unpaired) electrons. The zero-order chi connectivity index (χ0) is 8.27. The van der Waals surface area contributed by atoms with Crippen molar-refractivity contribution in [3.63, 3.8) is 0 Å². The van der Waals surface area contributed by atoms with Crippen LogP contribution < -0.4 is 4.74 Å². The first-order valence-electron chi connectivity index (χ1n) is 2.73. The normalized spacial score (nSPS) is 9.27. The lowest BCUT2D eigenvalue weighted by molar-refractivity contribution is 0.401. The zero-order valence-corrected chi connectivity index (χ0v) is 5.30. The van der Waals surface area contributed by atoms with Crippen LogP contribution >= 0.6 is 0 Å². The largest absolute Gasteiger partial charge is 0.423 e. The van der Waals surface area contributed by atoms with Crippen molar-refractivity contribution in [2.75, 3.05) is 0 Å². The number of rotatable bonds is 2. The molecule has 1 rings (SSSR count). The summed E-state index contributed by atoms with van der Waals surface area (Å²) >= 11 is 0. The van der Waals surface area contributed by atoms with E-state index in [1.165, 1.54) is 6.07 Å². The highest BCUT2D eigenvalue weighted by Gasteiger charge is 2.08. The standard InChI is InChI=1S/C7H3F2O2/c8-5-2-1-3-6(9)7(5)11-4-10/h1-3H. The Morgan fingerprint density at radius 2 is 1.82 bits per heavy atom. The third-order valence-corrected chi connectivity index (χ3v) is 1.06. The second-order valence-corrected chi connectivity index (χ2v) is 1.74. The minimum absolute atomic E-state index is 0.720. The first-order chi connectivity index (χ1) is 5.25. The maximum Gasteiger partial charge on any atom is 0.423 e. The van der Waals surface area contributed by atoms with E-state index in [9.17, 15) is 13.6 Å². The summed E-state index contributed by atoms with van der Waals surface area (Å²) in [6.07, 6.45) is 0. The molecule has 0 aromatic heterocycles. The van der Waals surface area contributed by atoms with Gasteiger partial charge in [0, 0.05) is 0 Å². The second-order valence-electron chi connectivity index (χ2n) is 1.74. The predicted molar refractivity (Wildman–Crippen MR) is 32.7 cm³/mol. The molecular weight excluding hydrogens is 154 g/mol. The average molecular weight is 157 g/mol. The van der Waals surface area contributed by atoms with Gasteiger partial charge in [-0.15, -0.1) is 0 Å². The van der Waals surface area contributed by atoms with E-state index in [1.807, 2.05) is 0 Å². The third kappa shape index (κ3) is 1.52. The fourth-order valence-electron chi connectivity index (χ4n) is 0.622. The van der Waals surface area contributed by atoms with Gasteiger partial charge in [-0.05, 0) is 12.1 Å². The van der Waals surface area contributed by atoms with Crippen LogP contribution in [-0.4, -0.2) is 6.47 Å². The predicted octanol–water partition coefficient (Wildman–Crippen LogP) is 1.41. The van der Waals surface area contributed by atoms with E-state index in [0.717, 1.165) is 18.6 Å². The van der Waals surface area contributed by atoms with Gasteiger partial charge in [-0.2, -0.15) is 0 Å². The number of halogens is 2. The maximum absolute atomic E-state index is 12.5. The van der Waals surface area contributed by atoms with Crippen molar-refractivity contribution < 1.29 is 18.3 Å². The summed E-state index contributed by atoms with van der Waals surface area (Å²) in [6, 6.07) is 3.13. The molecule has 1 aromatic rings. The van der Waals surface area contributed by atoms with E-state index in [1.54, 1.807) is 0 Å². The molecule has 0 amide bonds. The monoisotopic (exact) mass is 157 g/mol. The van der Waals surface area contributed by atoms with E-state index >= 15 is 0 Å². The van der Waals surface area contributed by atoms with E-state index in [4.69, 9.17) is 0 Å². The van der Waals surface area contributed by atoms with E-state index in [2.05, 4.69) is 4.74 Å². The molecule has 0 N–H and O–H groups in total. The van der Waals surface area contributed by atoms with Crippen molar-refractivity contribution in [1.29, 1.82) is 0 Å². The summed E-state index contributed by atoms with van der Waals surface area (Å²) in [5.74, 6) is -2.57. The summed E-state index contributed by atoms with van der Waals surface area (Å²) in [7, 11) is 0. The Labute approximate surface area is 61.4 Å². The minimum atomic E-state index is -0.923. The van der Waals surface area contributed by atoms with E-state index < -0.39 is 17.4 Å².